The molecule has 1 aliphatic heterocycles. The number of aromatic nitrogens is 6. The van der Waals surface area contributed by atoms with Crippen LogP contribution < -0.4 is 5.32 Å². The van der Waals surface area contributed by atoms with Crippen molar-refractivity contribution in [3.63, 3.8) is 0 Å². The number of allylic oxidation sites excluding steroid dienone is 1. The standard InChI is InChI=1S/C21H16N8O/c1-28-20-18(19(27-28)16-11-23-6-7-25-16)17(15(10-22)21(30)26-20)13-2-4-14(5-3-13)29-9-8-24-12-29/h2-9,11-12,17,26,30H,1H3. The van der Waals surface area contributed by atoms with Crippen LogP contribution in [0.4, 0.5) is 5.82 Å². The van der Waals surface area contributed by atoms with E-state index in [1.807, 2.05) is 35.0 Å². The molecule has 1 aromatic carbocycles. The van der Waals surface area contributed by atoms with Gasteiger partial charge in [0.15, 0.2) is 0 Å². The van der Waals surface area contributed by atoms with E-state index in [9.17, 15) is 10.4 Å². The summed E-state index contributed by atoms with van der Waals surface area (Å²) in [6.45, 7) is 0. The monoisotopic (exact) mass is 396 g/mol. The molecular formula is C21H16N8O. The lowest BCUT2D eigenvalue weighted by atomic mass is 9.82. The fraction of sp³-hybridized carbons (Fsp3) is 0.0952. The second-order valence-electron chi connectivity index (χ2n) is 6.82. The summed E-state index contributed by atoms with van der Waals surface area (Å²) in [5, 5.41) is 27.8. The van der Waals surface area contributed by atoms with E-state index in [1.54, 1.807) is 42.8 Å². The zero-order valence-electron chi connectivity index (χ0n) is 15.9. The van der Waals surface area contributed by atoms with Gasteiger partial charge in [0.05, 0.1) is 18.4 Å². The smallest absolute Gasteiger partial charge is 0.204 e. The second kappa shape index (κ2) is 6.86. The SMILES string of the molecule is Cn1nc(-c2cnccn2)c2c1NC(O)=C(C#N)C2c1ccc(-n2ccnc2)cc1. The largest absolute Gasteiger partial charge is 0.494 e. The number of anilines is 1. The molecule has 9 heteroatoms. The highest BCUT2D eigenvalue weighted by atomic mass is 16.3. The molecule has 0 radical (unpaired) electrons. The summed E-state index contributed by atoms with van der Waals surface area (Å²) < 4.78 is 3.53. The molecule has 4 aromatic rings. The number of benzene rings is 1. The van der Waals surface area contributed by atoms with E-state index in [-0.39, 0.29) is 11.5 Å². The number of hydrogen-bond donors (Lipinski definition) is 2. The van der Waals surface area contributed by atoms with Gasteiger partial charge in [-0.05, 0) is 17.7 Å². The van der Waals surface area contributed by atoms with Gasteiger partial charge in [0.1, 0.15) is 28.8 Å². The van der Waals surface area contributed by atoms with Crippen LogP contribution in [0.5, 0.6) is 0 Å². The van der Waals surface area contributed by atoms with Gasteiger partial charge in [-0.25, -0.2) is 4.98 Å². The van der Waals surface area contributed by atoms with Gasteiger partial charge in [-0.3, -0.25) is 14.6 Å². The molecule has 3 aromatic heterocycles. The third kappa shape index (κ3) is 2.70. The lowest BCUT2D eigenvalue weighted by Crippen LogP contribution is -2.19. The first-order valence-corrected chi connectivity index (χ1v) is 9.19. The molecule has 0 saturated carbocycles. The Kier molecular flexibility index (Phi) is 4.03. The minimum Gasteiger partial charge on any atom is -0.494 e. The lowest BCUT2D eigenvalue weighted by molar-refractivity contribution is 0.407. The minimum absolute atomic E-state index is 0.178. The highest BCUT2D eigenvalue weighted by Gasteiger charge is 2.36. The highest BCUT2D eigenvalue weighted by Crippen LogP contribution is 2.45. The van der Waals surface area contributed by atoms with Gasteiger partial charge in [0.25, 0.3) is 0 Å². The fourth-order valence-corrected chi connectivity index (χ4v) is 3.73. The Morgan fingerprint density at radius 1 is 1.13 bits per heavy atom. The van der Waals surface area contributed by atoms with E-state index in [1.165, 1.54) is 0 Å². The molecule has 5 rings (SSSR count). The zero-order chi connectivity index (χ0) is 20.7. The van der Waals surface area contributed by atoms with E-state index < -0.39 is 5.92 Å². The summed E-state index contributed by atoms with van der Waals surface area (Å²) in [5.74, 6) is -0.0768. The maximum atomic E-state index is 10.5. The Bertz CT molecular complexity index is 1280. The molecule has 0 amide bonds. The maximum absolute atomic E-state index is 10.5. The molecule has 0 bridgehead atoms. The van der Waals surface area contributed by atoms with E-state index >= 15 is 0 Å². The second-order valence-corrected chi connectivity index (χ2v) is 6.82. The minimum atomic E-state index is -0.506. The van der Waals surface area contributed by atoms with Crippen molar-refractivity contribution in [2.75, 3.05) is 5.32 Å². The highest BCUT2D eigenvalue weighted by molar-refractivity contribution is 5.75. The molecule has 1 atom stereocenters. The van der Waals surface area contributed by atoms with Crippen LogP contribution in [0.1, 0.15) is 17.0 Å². The van der Waals surface area contributed by atoms with Crippen LogP contribution in [0.3, 0.4) is 0 Å². The van der Waals surface area contributed by atoms with Crippen LogP contribution in [0, 0.1) is 11.3 Å². The van der Waals surface area contributed by atoms with Gasteiger partial charge in [-0.2, -0.15) is 10.4 Å². The fourth-order valence-electron chi connectivity index (χ4n) is 3.73. The molecule has 4 heterocycles. The van der Waals surface area contributed by atoms with E-state index in [0.717, 1.165) is 16.8 Å². The van der Waals surface area contributed by atoms with Gasteiger partial charge < -0.3 is 15.0 Å². The predicted molar refractivity (Wildman–Crippen MR) is 109 cm³/mol. The molecule has 0 aliphatic carbocycles. The summed E-state index contributed by atoms with van der Waals surface area (Å²) in [5.41, 5.74) is 3.98. The van der Waals surface area contributed by atoms with Crippen LogP contribution in [0.2, 0.25) is 0 Å². The number of nitrogens with zero attached hydrogens (tertiary/aromatic N) is 7. The number of aliphatic hydroxyl groups excluding tert-OH is 1. The molecule has 30 heavy (non-hydrogen) atoms. The van der Waals surface area contributed by atoms with E-state index in [0.29, 0.717) is 17.2 Å². The number of fused-ring (bicyclic) bond motifs is 1. The van der Waals surface area contributed by atoms with Crippen molar-refractivity contribution in [2.24, 2.45) is 7.05 Å². The Labute approximate surface area is 171 Å². The zero-order valence-corrected chi connectivity index (χ0v) is 15.9. The average molecular weight is 396 g/mol. The third-order valence-electron chi connectivity index (χ3n) is 5.11. The van der Waals surface area contributed by atoms with Gasteiger partial charge >= 0.3 is 0 Å². The number of imidazole rings is 1. The van der Waals surface area contributed by atoms with Crippen LogP contribution in [0.25, 0.3) is 17.1 Å². The van der Waals surface area contributed by atoms with Crippen molar-refractivity contribution in [3.8, 4) is 23.1 Å². The quantitative estimate of drug-likeness (QED) is 0.547. The summed E-state index contributed by atoms with van der Waals surface area (Å²) >= 11 is 0. The third-order valence-corrected chi connectivity index (χ3v) is 5.11. The van der Waals surface area contributed by atoms with E-state index in [4.69, 9.17) is 0 Å². The number of aliphatic hydroxyl groups is 1. The molecule has 2 N–H and O–H groups in total. The Hall–Kier alpha value is -4.45. The lowest BCUT2D eigenvalue weighted by Gasteiger charge is -2.25. The van der Waals surface area contributed by atoms with Crippen LogP contribution in [0.15, 0.2) is 73.0 Å². The molecule has 0 fully saturated rings. The summed E-state index contributed by atoms with van der Waals surface area (Å²) in [6, 6.07) is 9.92. The number of hydrogen-bond acceptors (Lipinski definition) is 7. The normalized spacial score (nSPS) is 15.4. The molecule has 0 spiro atoms. The van der Waals surface area contributed by atoms with Crippen molar-refractivity contribution in [3.05, 3.63) is 84.2 Å². The summed E-state index contributed by atoms with van der Waals surface area (Å²) in [6.07, 6.45) is 10.1. The van der Waals surface area contributed by atoms with Gasteiger partial charge in [-0.15, -0.1) is 0 Å². The average Bonchev–Trinajstić information content (AvgIpc) is 3.42. The van der Waals surface area contributed by atoms with Gasteiger partial charge in [0.2, 0.25) is 5.88 Å². The molecule has 146 valence electrons. The number of rotatable bonds is 3. The number of nitriles is 1. The van der Waals surface area contributed by atoms with E-state index in [2.05, 4.69) is 31.4 Å². The Morgan fingerprint density at radius 2 is 1.97 bits per heavy atom. The number of aryl methyl sites for hydroxylation is 1. The summed E-state index contributed by atoms with van der Waals surface area (Å²) in [7, 11) is 1.77. The van der Waals surface area contributed by atoms with Gasteiger partial charge in [0, 0.05) is 43.1 Å². The van der Waals surface area contributed by atoms with Gasteiger partial charge in [-0.1, -0.05) is 12.1 Å². The predicted octanol–water partition coefficient (Wildman–Crippen LogP) is 2.91. The molecule has 1 aliphatic rings. The van der Waals surface area contributed by atoms with Crippen molar-refractivity contribution < 1.29 is 5.11 Å². The first-order chi connectivity index (χ1) is 14.7. The summed E-state index contributed by atoms with van der Waals surface area (Å²) in [4.78, 5) is 12.6. The van der Waals surface area contributed by atoms with Crippen LogP contribution >= 0.6 is 0 Å². The molecule has 1 unspecified atom stereocenters. The maximum Gasteiger partial charge on any atom is 0.204 e. The van der Waals surface area contributed by atoms with Crippen LogP contribution in [-0.2, 0) is 7.05 Å². The Balaban J connectivity index is 1.69. The first kappa shape index (κ1) is 17.6. The number of nitrogens with one attached hydrogen (secondary N) is 1. The molecule has 0 saturated heterocycles. The first-order valence-electron chi connectivity index (χ1n) is 9.19. The topological polar surface area (TPSA) is 117 Å². The van der Waals surface area contributed by atoms with Crippen molar-refractivity contribution in [2.45, 2.75) is 5.92 Å². The molecular weight excluding hydrogens is 380 g/mol. The molecule has 9 nitrogen and oxygen atoms in total. The van der Waals surface area contributed by atoms with Crippen molar-refractivity contribution in [1.82, 2.24) is 29.3 Å². The van der Waals surface area contributed by atoms with Crippen LogP contribution in [-0.4, -0.2) is 34.4 Å². The van der Waals surface area contributed by atoms with Crippen molar-refractivity contribution >= 4 is 5.82 Å². The van der Waals surface area contributed by atoms with Crippen molar-refractivity contribution in [1.29, 1.82) is 5.26 Å². The Morgan fingerprint density at radius 3 is 2.63 bits per heavy atom.